The van der Waals surface area contributed by atoms with Gasteiger partial charge in [0.25, 0.3) is 0 Å². The number of nitrogens with zero attached hydrogens (tertiary/aromatic N) is 5. The Morgan fingerprint density at radius 3 is 2.83 bits per heavy atom. The van der Waals surface area contributed by atoms with Gasteiger partial charge in [0, 0.05) is 30.4 Å². The number of nitrogens with one attached hydrogen (secondary N) is 1. The van der Waals surface area contributed by atoms with Crippen LogP contribution in [0.5, 0.6) is 0 Å². The lowest BCUT2D eigenvalue weighted by Gasteiger charge is -2.39. The fourth-order valence-electron chi connectivity index (χ4n) is 4.01. The molecule has 1 aliphatic rings. The van der Waals surface area contributed by atoms with Crippen LogP contribution >= 0.6 is 0 Å². The Labute approximate surface area is 175 Å². The summed E-state index contributed by atoms with van der Waals surface area (Å²) in [6, 6.07) is 10.1. The van der Waals surface area contributed by atoms with Crippen LogP contribution in [0.1, 0.15) is 37.4 Å². The van der Waals surface area contributed by atoms with Crippen LogP contribution in [0.2, 0.25) is 0 Å². The molecule has 2 atom stereocenters. The zero-order chi connectivity index (χ0) is 21.3. The summed E-state index contributed by atoms with van der Waals surface area (Å²) in [6.07, 6.45) is 4.42. The average Bonchev–Trinajstić information content (AvgIpc) is 3.18. The minimum Gasteiger partial charge on any atom is -0.394 e. The molecule has 1 aliphatic heterocycles. The van der Waals surface area contributed by atoms with E-state index in [2.05, 4.69) is 33.6 Å². The number of benzene rings is 1. The molecule has 3 aromatic rings. The van der Waals surface area contributed by atoms with E-state index in [1.54, 1.807) is 11.6 Å². The highest BCUT2D eigenvalue weighted by molar-refractivity contribution is 5.94. The molecule has 0 aliphatic carbocycles. The van der Waals surface area contributed by atoms with Gasteiger partial charge in [-0.2, -0.15) is 0 Å². The molecular weight excluding hydrogens is 380 g/mol. The van der Waals surface area contributed by atoms with Crippen LogP contribution in [-0.4, -0.2) is 43.6 Å². The van der Waals surface area contributed by atoms with Gasteiger partial charge in [-0.05, 0) is 49.6 Å². The Bertz CT molecular complexity index is 1050. The Hall–Kier alpha value is -3.26. The number of aliphatic hydroxyl groups excluding tert-OH is 1. The second-order valence-electron chi connectivity index (χ2n) is 7.76. The molecule has 4 rings (SSSR count). The third kappa shape index (κ3) is 3.91. The number of pyridine rings is 1. The molecule has 0 spiro atoms. The fraction of sp³-hybridized carbons (Fsp3) is 0.364. The third-order valence-corrected chi connectivity index (χ3v) is 5.42. The number of carbonyl (C=O) groups is 1. The molecule has 0 saturated carbocycles. The number of rotatable bonds is 5. The molecule has 8 heteroatoms. The lowest BCUT2D eigenvalue weighted by Crippen LogP contribution is -2.43. The lowest BCUT2D eigenvalue weighted by atomic mass is 9.89. The first-order chi connectivity index (χ1) is 14.5. The van der Waals surface area contributed by atoms with Gasteiger partial charge in [0.1, 0.15) is 11.5 Å². The molecule has 2 N–H and O–H groups in total. The molecule has 1 amide bonds. The highest BCUT2D eigenvalue weighted by Crippen LogP contribution is 2.40. The van der Waals surface area contributed by atoms with Gasteiger partial charge < -0.3 is 15.3 Å². The van der Waals surface area contributed by atoms with Crippen LogP contribution in [0.15, 0.2) is 42.7 Å². The molecule has 3 heterocycles. The van der Waals surface area contributed by atoms with Crippen LogP contribution < -0.4 is 10.2 Å². The van der Waals surface area contributed by atoms with E-state index in [0.29, 0.717) is 6.54 Å². The largest absolute Gasteiger partial charge is 0.394 e. The Balaban J connectivity index is 1.73. The van der Waals surface area contributed by atoms with Gasteiger partial charge in [-0.1, -0.05) is 17.3 Å². The minimum atomic E-state index is 0.00763. The van der Waals surface area contributed by atoms with Gasteiger partial charge >= 0.3 is 0 Å². The number of amides is 1. The van der Waals surface area contributed by atoms with Crippen molar-refractivity contribution in [1.82, 2.24) is 20.0 Å². The highest BCUT2D eigenvalue weighted by atomic mass is 16.3. The van der Waals surface area contributed by atoms with Crippen molar-refractivity contribution in [2.45, 2.75) is 45.8 Å². The molecule has 2 aromatic heterocycles. The summed E-state index contributed by atoms with van der Waals surface area (Å²) in [5.41, 5.74) is 4.68. The van der Waals surface area contributed by atoms with Gasteiger partial charge in [-0.25, -0.2) is 9.67 Å². The van der Waals surface area contributed by atoms with Crippen LogP contribution in [0.3, 0.4) is 0 Å². The number of fused-ring (bicyclic) bond motifs is 1. The minimum absolute atomic E-state index is 0.00763. The first-order valence-electron chi connectivity index (χ1n) is 10.1. The second kappa shape index (κ2) is 8.23. The first kappa shape index (κ1) is 20.0. The number of carbonyl (C=O) groups excluding carboxylic acids is 1. The van der Waals surface area contributed by atoms with E-state index in [-0.39, 0.29) is 24.6 Å². The standard InChI is InChI=1S/C22H26N6O2/c1-14-4-7-22(23-12-14)24-19-10-15(2)28(16(3)30)21-6-5-17(11-18(19)21)20-13-27(8-9-29)26-25-20/h4-7,11-13,15,19,29H,8-10H2,1-3H3,(H,23,24). The smallest absolute Gasteiger partial charge is 0.224 e. The van der Waals surface area contributed by atoms with Crippen molar-refractivity contribution in [1.29, 1.82) is 0 Å². The predicted octanol–water partition coefficient (Wildman–Crippen LogP) is 2.94. The Morgan fingerprint density at radius 1 is 1.30 bits per heavy atom. The van der Waals surface area contributed by atoms with Crippen molar-refractivity contribution in [3.05, 3.63) is 53.9 Å². The number of aryl methyl sites for hydroxylation is 1. The monoisotopic (exact) mass is 406 g/mol. The van der Waals surface area contributed by atoms with Gasteiger partial charge in [0.2, 0.25) is 5.91 Å². The lowest BCUT2D eigenvalue weighted by molar-refractivity contribution is -0.117. The number of hydrogen-bond acceptors (Lipinski definition) is 6. The van der Waals surface area contributed by atoms with Crippen LogP contribution in [0.4, 0.5) is 11.5 Å². The third-order valence-electron chi connectivity index (χ3n) is 5.42. The molecule has 0 radical (unpaired) electrons. The van der Waals surface area contributed by atoms with E-state index in [9.17, 15) is 4.79 Å². The molecule has 30 heavy (non-hydrogen) atoms. The fourth-order valence-corrected chi connectivity index (χ4v) is 4.01. The van der Waals surface area contributed by atoms with E-state index < -0.39 is 0 Å². The van der Waals surface area contributed by atoms with Crippen LogP contribution in [-0.2, 0) is 11.3 Å². The molecule has 156 valence electrons. The van der Waals surface area contributed by atoms with Crippen molar-refractivity contribution >= 4 is 17.4 Å². The SMILES string of the molecule is CC(=O)N1c2ccc(-c3cn(CCO)nn3)cc2C(Nc2ccc(C)cn2)CC1C. The Morgan fingerprint density at radius 2 is 2.13 bits per heavy atom. The molecule has 8 nitrogen and oxygen atoms in total. The summed E-state index contributed by atoms with van der Waals surface area (Å²) in [6.45, 7) is 6.08. The maximum atomic E-state index is 12.3. The predicted molar refractivity (Wildman–Crippen MR) is 115 cm³/mol. The zero-order valence-corrected chi connectivity index (χ0v) is 17.4. The van der Waals surface area contributed by atoms with E-state index in [1.807, 2.05) is 48.5 Å². The quantitative estimate of drug-likeness (QED) is 0.676. The van der Waals surface area contributed by atoms with Gasteiger partial charge in [-0.15, -0.1) is 5.10 Å². The van der Waals surface area contributed by atoms with Gasteiger partial charge in [0.05, 0.1) is 25.4 Å². The number of aromatic nitrogens is 4. The summed E-state index contributed by atoms with van der Waals surface area (Å²) in [4.78, 5) is 18.7. The van der Waals surface area contributed by atoms with Crippen LogP contribution in [0.25, 0.3) is 11.3 Å². The van der Waals surface area contributed by atoms with Crippen molar-refractivity contribution in [3.8, 4) is 11.3 Å². The second-order valence-corrected chi connectivity index (χ2v) is 7.76. The summed E-state index contributed by atoms with van der Waals surface area (Å²) < 4.78 is 1.62. The normalized spacial score (nSPS) is 18.2. The van der Waals surface area contributed by atoms with E-state index in [0.717, 1.165) is 40.3 Å². The maximum Gasteiger partial charge on any atom is 0.224 e. The van der Waals surface area contributed by atoms with Crippen molar-refractivity contribution < 1.29 is 9.90 Å². The van der Waals surface area contributed by atoms with Crippen molar-refractivity contribution in [2.24, 2.45) is 0 Å². The number of anilines is 2. The summed E-state index contributed by atoms with van der Waals surface area (Å²) in [5.74, 6) is 0.830. The summed E-state index contributed by atoms with van der Waals surface area (Å²) >= 11 is 0. The average molecular weight is 406 g/mol. The highest BCUT2D eigenvalue weighted by Gasteiger charge is 2.33. The van der Waals surface area contributed by atoms with E-state index in [4.69, 9.17) is 5.11 Å². The summed E-state index contributed by atoms with van der Waals surface area (Å²) in [5, 5.41) is 20.9. The van der Waals surface area contributed by atoms with Crippen molar-refractivity contribution in [3.63, 3.8) is 0 Å². The zero-order valence-electron chi connectivity index (χ0n) is 17.4. The van der Waals surface area contributed by atoms with Gasteiger partial charge in [-0.3, -0.25) is 4.79 Å². The topological polar surface area (TPSA) is 96.2 Å². The van der Waals surface area contributed by atoms with Crippen molar-refractivity contribution in [2.75, 3.05) is 16.8 Å². The number of aliphatic hydroxyl groups is 1. The van der Waals surface area contributed by atoms with Crippen LogP contribution in [0, 0.1) is 6.92 Å². The molecule has 0 saturated heterocycles. The molecule has 0 bridgehead atoms. The van der Waals surface area contributed by atoms with Gasteiger partial charge in [0.15, 0.2) is 0 Å². The summed E-state index contributed by atoms with van der Waals surface area (Å²) in [7, 11) is 0. The first-order valence-corrected chi connectivity index (χ1v) is 10.1. The molecule has 0 fully saturated rings. The van der Waals surface area contributed by atoms with E-state index in [1.165, 1.54) is 0 Å². The molecule has 2 unspecified atom stereocenters. The molecule has 1 aromatic carbocycles. The Kier molecular flexibility index (Phi) is 5.50. The van der Waals surface area contributed by atoms with E-state index >= 15 is 0 Å². The number of hydrogen-bond donors (Lipinski definition) is 2. The maximum absolute atomic E-state index is 12.3. The molecular formula is C22H26N6O2.